The Bertz CT molecular complexity index is 356. The molecule has 5 heteroatoms. The third-order valence-corrected chi connectivity index (χ3v) is 3.26. The second kappa shape index (κ2) is 4.30. The second-order valence-corrected chi connectivity index (χ2v) is 5.04. The van der Waals surface area contributed by atoms with Crippen molar-refractivity contribution in [2.24, 2.45) is 5.92 Å². The van der Waals surface area contributed by atoms with E-state index in [0.717, 1.165) is 12.8 Å². The highest BCUT2D eigenvalue weighted by Crippen LogP contribution is 2.42. The van der Waals surface area contributed by atoms with Gasteiger partial charge in [0, 0.05) is 4.90 Å². The summed E-state index contributed by atoms with van der Waals surface area (Å²) in [6.45, 7) is 0. The fraction of sp³-hybridized carbons (Fsp3) is 0.455. The second-order valence-electron chi connectivity index (χ2n) is 3.90. The maximum Gasteiger partial charge on any atom is 0.446 e. The fourth-order valence-electron chi connectivity index (χ4n) is 1.55. The summed E-state index contributed by atoms with van der Waals surface area (Å²) in [6.07, 6.45) is 1.48. The van der Waals surface area contributed by atoms with Gasteiger partial charge in [-0.15, -0.1) is 0 Å². The van der Waals surface area contributed by atoms with Crippen LogP contribution in [0.3, 0.4) is 0 Å². The van der Waals surface area contributed by atoms with Crippen molar-refractivity contribution in [3.05, 3.63) is 29.8 Å². The van der Waals surface area contributed by atoms with Gasteiger partial charge in [0.1, 0.15) is 0 Å². The number of hydrogen-bond acceptors (Lipinski definition) is 2. The lowest BCUT2D eigenvalue weighted by atomic mass is 10.1. The molecule has 1 aliphatic carbocycles. The number of thioether (sulfide) groups is 1. The highest BCUT2D eigenvalue weighted by molar-refractivity contribution is 8.00. The first-order valence-corrected chi connectivity index (χ1v) is 5.81. The highest BCUT2D eigenvalue weighted by atomic mass is 32.2. The van der Waals surface area contributed by atoms with E-state index in [4.69, 9.17) is 0 Å². The van der Waals surface area contributed by atoms with Crippen molar-refractivity contribution in [1.82, 2.24) is 0 Å². The molecular weight excluding hydrogens is 237 g/mol. The van der Waals surface area contributed by atoms with Crippen LogP contribution in [0.25, 0.3) is 0 Å². The molecule has 0 radical (unpaired) electrons. The topological polar surface area (TPSA) is 20.2 Å². The van der Waals surface area contributed by atoms with Gasteiger partial charge in [-0.1, -0.05) is 12.1 Å². The highest BCUT2D eigenvalue weighted by Gasteiger charge is 2.31. The molecule has 0 amide bonds. The molecule has 88 valence electrons. The third-order valence-electron chi connectivity index (χ3n) is 2.52. The molecule has 0 aromatic heterocycles. The van der Waals surface area contributed by atoms with Gasteiger partial charge in [0.2, 0.25) is 0 Å². The summed E-state index contributed by atoms with van der Waals surface area (Å²) in [6, 6.07) is 5.94. The zero-order chi connectivity index (χ0) is 11.8. The quantitative estimate of drug-likeness (QED) is 0.822. The molecule has 1 nitrogen and oxygen atoms in total. The van der Waals surface area contributed by atoms with Crippen LogP contribution in [-0.4, -0.2) is 10.6 Å². The smallest absolute Gasteiger partial charge is 0.388 e. The van der Waals surface area contributed by atoms with E-state index in [1.54, 1.807) is 12.1 Å². The lowest BCUT2D eigenvalue weighted by molar-refractivity contribution is -0.0328. The van der Waals surface area contributed by atoms with Crippen molar-refractivity contribution < 1.29 is 18.3 Å². The monoisotopic (exact) mass is 248 g/mol. The molecule has 0 bridgehead atoms. The lowest BCUT2D eigenvalue weighted by Gasteiger charge is -2.10. The molecule has 0 spiro atoms. The van der Waals surface area contributed by atoms with Crippen molar-refractivity contribution in [1.29, 1.82) is 0 Å². The van der Waals surface area contributed by atoms with Crippen LogP contribution >= 0.6 is 11.8 Å². The van der Waals surface area contributed by atoms with E-state index in [1.165, 1.54) is 12.1 Å². The molecular formula is C11H11F3OS. The van der Waals surface area contributed by atoms with E-state index >= 15 is 0 Å². The van der Waals surface area contributed by atoms with Gasteiger partial charge in [-0.3, -0.25) is 0 Å². The van der Waals surface area contributed by atoms with Crippen molar-refractivity contribution in [2.45, 2.75) is 29.3 Å². The zero-order valence-electron chi connectivity index (χ0n) is 8.37. The summed E-state index contributed by atoms with van der Waals surface area (Å²) in [7, 11) is 0. The predicted octanol–water partition coefficient (Wildman–Crippen LogP) is 3.74. The lowest BCUT2D eigenvalue weighted by Crippen LogP contribution is -2.01. The van der Waals surface area contributed by atoms with E-state index in [-0.39, 0.29) is 16.7 Å². The van der Waals surface area contributed by atoms with Crippen molar-refractivity contribution in [3.8, 4) is 0 Å². The minimum Gasteiger partial charge on any atom is -0.388 e. The number of hydrogen-bond donors (Lipinski definition) is 1. The molecule has 1 N–H and O–H groups in total. The first kappa shape index (κ1) is 11.8. The van der Waals surface area contributed by atoms with Gasteiger partial charge in [-0.25, -0.2) is 0 Å². The summed E-state index contributed by atoms with van der Waals surface area (Å²) < 4.78 is 36.2. The van der Waals surface area contributed by atoms with Gasteiger partial charge in [0.05, 0.1) is 6.10 Å². The number of rotatable bonds is 3. The molecule has 0 heterocycles. The minimum atomic E-state index is -4.25. The van der Waals surface area contributed by atoms with Crippen molar-refractivity contribution >= 4 is 11.8 Å². The Labute approximate surface area is 95.7 Å². The standard InChI is InChI=1S/C11H11F3OS/c12-11(13,14)16-9-5-3-8(4-6-9)10(15)7-1-2-7/h3-7,10,15H,1-2H2. The SMILES string of the molecule is OC(c1ccc(SC(F)(F)F)cc1)C1CC1. The number of aliphatic hydroxyl groups is 1. The number of benzene rings is 1. The largest absolute Gasteiger partial charge is 0.446 e. The maximum absolute atomic E-state index is 12.1. The van der Waals surface area contributed by atoms with Crippen LogP contribution in [0, 0.1) is 5.92 Å². The summed E-state index contributed by atoms with van der Waals surface area (Å²) in [5.41, 5.74) is -3.55. The van der Waals surface area contributed by atoms with Gasteiger partial charge in [0.15, 0.2) is 0 Å². The van der Waals surface area contributed by atoms with Crippen LogP contribution in [-0.2, 0) is 0 Å². The Morgan fingerprint density at radius 1 is 1.19 bits per heavy atom. The van der Waals surface area contributed by atoms with Crippen LogP contribution in [0.15, 0.2) is 29.2 Å². The average Bonchev–Trinajstić information content (AvgIpc) is 2.98. The molecule has 1 unspecified atom stereocenters. The summed E-state index contributed by atoms with van der Waals surface area (Å²) in [5, 5.41) is 9.75. The summed E-state index contributed by atoms with van der Waals surface area (Å²) >= 11 is -0.136. The predicted molar refractivity (Wildman–Crippen MR) is 56.0 cm³/mol. The normalized spacial score (nSPS) is 18.5. The van der Waals surface area contributed by atoms with Gasteiger partial charge >= 0.3 is 5.51 Å². The number of aliphatic hydroxyl groups excluding tert-OH is 1. The molecule has 2 rings (SSSR count). The third kappa shape index (κ3) is 3.15. The Hall–Kier alpha value is -0.680. The van der Waals surface area contributed by atoms with Gasteiger partial charge < -0.3 is 5.11 Å². The molecule has 1 fully saturated rings. The molecule has 16 heavy (non-hydrogen) atoms. The maximum atomic E-state index is 12.1. The molecule has 1 aromatic rings. The van der Waals surface area contributed by atoms with Crippen LogP contribution in [0.5, 0.6) is 0 Å². The fourth-order valence-corrected chi connectivity index (χ4v) is 2.09. The first-order chi connectivity index (χ1) is 7.46. The molecule has 0 saturated heterocycles. The Morgan fingerprint density at radius 3 is 2.19 bits per heavy atom. The van der Waals surface area contributed by atoms with Crippen LogP contribution < -0.4 is 0 Å². The molecule has 0 aliphatic heterocycles. The molecule has 1 atom stereocenters. The Kier molecular flexibility index (Phi) is 3.17. The van der Waals surface area contributed by atoms with E-state index < -0.39 is 11.6 Å². The molecule has 1 aliphatic rings. The number of alkyl halides is 3. The van der Waals surface area contributed by atoms with E-state index in [1.807, 2.05) is 0 Å². The van der Waals surface area contributed by atoms with Crippen molar-refractivity contribution in [2.75, 3.05) is 0 Å². The summed E-state index contributed by atoms with van der Waals surface area (Å²) in [4.78, 5) is 0.152. The van der Waals surface area contributed by atoms with Crippen molar-refractivity contribution in [3.63, 3.8) is 0 Å². The van der Waals surface area contributed by atoms with Crippen LogP contribution in [0.1, 0.15) is 24.5 Å². The van der Waals surface area contributed by atoms with Gasteiger partial charge in [0.25, 0.3) is 0 Å². The van der Waals surface area contributed by atoms with E-state index in [2.05, 4.69) is 0 Å². The van der Waals surface area contributed by atoms with Gasteiger partial charge in [-0.05, 0) is 48.2 Å². The number of halogens is 3. The average molecular weight is 248 g/mol. The van der Waals surface area contributed by atoms with E-state index in [0.29, 0.717) is 11.5 Å². The molecule has 1 aromatic carbocycles. The summed E-state index contributed by atoms with van der Waals surface area (Å²) in [5.74, 6) is 0.293. The van der Waals surface area contributed by atoms with Crippen LogP contribution in [0.4, 0.5) is 13.2 Å². The van der Waals surface area contributed by atoms with Gasteiger partial charge in [-0.2, -0.15) is 13.2 Å². The Morgan fingerprint density at radius 2 is 1.75 bits per heavy atom. The Balaban J connectivity index is 2.04. The minimum absolute atomic E-state index is 0.136. The van der Waals surface area contributed by atoms with E-state index in [9.17, 15) is 18.3 Å². The zero-order valence-corrected chi connectivity index (χ0v) is 9.18. The molecule has 1 saturated carbocycles. The van der Waals surface area contributed by atoms with Crippen LogP contribution in [0.2, 0.25) is 0 Å². The first-order valence-electron chi connectivity index (χ1n) is 4.99.